The third-order valence-electron chi connectivity index (χ3n) is 2.39. The SMILES string of the molecule is COC(=O)CCCC(=O)c1ccc(C)cc1. The second-order valence-corrected chi connectivity index (χ2v) is 3.72. The Morgan fingerprint density at radius 1 is 1.12 bits per heavy atom. The van der Waals surface area contributed by atoms with E-state index in [9.17, 15) is 9.59 Å². The zero-order chi connectivity index (χ0) is 12.0. The van der Waals surface area contributed by atoms with Crippen molar-refractivity contribution in [3.05, 3.63) is 35.4 Å². The van der Waals surface area contributed by atoms with E-state index in [0.717, 1.165) is 5.56 Å². The summed E-state index contributed by atoms with van der Waals surface area (Å²) in [6, 6.07) is 7.45. The fraction of sp³-hybridized carbons (Fsp3) is 0.385. The van der Waals surface area contributed by atoms with E-state index < -0.39 is 0 Å². The summed E-state index contributed by atoms with van der Waals surface area (Å²) in [6.45, 7) is 1.98. The number of Topliss-reactive ketones (excluding diaryl/α,β-unsaturated/α-hetero) is 1. The number of hydrogen-bond acceptors (Lipinski definition) is 3. The molecule has 3 nitrogen and oxygen atoms in total. The minimum Gasteiger partial charge on any atom is -0.469 e. The molecule has 1 aromatic carbocycles. The molecular formula is C13H16O3. The van der Waals surface area contributed by atoms with Crippen LogP contribution in [0.2, 0.25) is 0 Å². The minimum atomic E-state index is -0.267. The van der Waals surface area contributed by atoms with Crippen LogP contribution in [0, 0.1) is 6.92 Å². The van der Waals surface area contributed by atoms with Gasteiger partial charge in [-0.15, -0.1) is 0 Å². The van der Waals surface area contributed by atoms with Gasteiger partial charge in [0.15, 0.2) is 5.78 Å². The van der Waals surface area contributed by atoms with Gasteiger partial charge in [-0.05, 0) is 13.3 Å². The first-order valence-electron chi connectivity index (χ1n) is 5.30. The summed E-state index contributed by atoms with van der Waals surface area (Å²) < 4.78 is 4.50. The Morgan fingerprint density at radius 2 is 1.75 bits per heavy atom. The van der Waals surface area contributed by atoms with Crippen molar-refractivity contribution in [2.45, 2.75) is 26.2 Å². The van der Waals surface area contributed by atoms with Crippen LogP contribution in [0.25, 0.3) is 0 Å². The predicted molar refractivity (Wildman–Crippen MR) is 61.4 cm³/mol. The molecule has 0 saturated carbocycles. The van der Waals surface area contributed by atoms with Gasteiger partial charge in [-0.2, -0.15) is 0 Å². The summed E-state index contributed by atoms with van der Waals surface area (Å²) in [5.41, 5.74) is 1.83. The van der Waals surface area contributed by atoms with Crippen molar-refractivity contribution < 1.29 is 14.3 Å². The highest BCUT2D eigenvalue weighted by Gasteiger charge is 2.07. The van der Waals surface area contributed by atoms with Crippen LogP contribution in [-0.4, -0.2) is 18.9 Å². The van der Waals surface area contributed by atoms with Crippen molar-refractivity contribution in [1.29, 1.82) is 0 Å². The number of carbonyl (C=O) groups is 2. The van der Waals surface area contributed by atoms with E-state index in [1.165, 1.54) is 7.11 Å². The summed E-state index contributed by atoms with van der Waals surface area (Å²) in [6.07, 6.45) is 1.23. The Kier molecular flexibility index (Phi) is 4.70. The number of benzene rings is 1. The largest absolute Gasteiger partial charge is 0.469 e. The Bertz CT molecular complexity index is 365. The van der Waals surface area contributed by atoms with Crippen LogP contribution in [0.5, 0.6) is 0 Å². The lowest BCUT2D eigenvalue weighted by Gasteiger charge is -2.01. The van der Waals surface area contributed by atoms with Crippen molar-refractivity contribution >= 4 is 11.8 Å². The highest BCUT2D eigenvalue weighted by Crippen LogP contribution is 2.08. The highest BCUT2D eigenvalue weighted by molar-refractivity contribution is 5.96. The number of methoxy groups -OCH3 is 1. The maximum atomic E-state index is 11.7. The third-order valence-corrected chi connectivity index (χ3v) is 2.39. The smallest absolute Gasteiger partial charge is 0.305 e. The first kappa shape index (κ1) is 12.4. The fourth-order valence-corrected chi connectivity index (χ4v) is 1.38. The monoisotopic (exact) mass is 220 g/mol. The number of ketones is 1. The minimum absolute atomic E-state index is 0.0731. The quantitative estimate of drug-likeness (QED) is 0.565. The van der Waals surface area contributed by atoms with E-state index in [4.69, 9.17) is 0 Å². The maximum absolute atomic E-state index is 11.7. The summed E-state index contributed by atoms with van der Waals surface area (Å²) in [5, 5.41) is 0. The topological polar surface area (TPSA) is 43.4 Å². The molecule has 0 aromatic heterocycles. The number of esters is 1. The Morgan fingerprint density at radius 3 is 2.31 bits per heavy atom. The molecule has 0 amide bonds. The van der Waals surface area contributed by atoms with Crippen LogP contribution in [0.1, 0.15) is 35.2 Å². The van der Waals surface area contributed by atoms with Gasteiger partial charge >= 0.3 is 5.97 Å². The van der Waals surface area contributed by atoms with Crippen LogP contribution in [0.3, 0.4) is 0 Å². The summed E-state index contributed by atoms with van der Waals surface area (Å²) in [4.78, 5) is 22.5. The highest BCUT2D eigenvalue weighted by atomic mass is 16.5. The molecule has 0 spiro atoms. The lowest BCUT2D eigenvalue weighted by Crippen LogP contribution is -2.03. The van der Waals surface area contributed by atoms with E-state index in [1.807, 2.05) is 31.2 Å². The first-order valence-corrected chi connectivity index (χ1v) is 5.30. The zero-order valence-corrected chi connectivity index (χ0v) is 9.66. The number of aryl methyl sites for hydroxylation is 1. The normalized spacial score (nSPS) is 9.88. The molecular weight excluding hydrogens is 204 g/mol. The van der Waals surface area contributed by atoms with Gasteiger partial charge in [0.25, 0.3) is 0 Å². The van der Waals surface area contributed by atoms with Crippen molar-refractivity contribution in [3.63, 3.8) is 0 Å². The van der Waals surface area contributed by atoms with Crippen LogP contribution < -0.4 is 0 Å². The van der Waals surface area contributed by atoms with Gasteiger partial charge < -0.3 is 4.74 Å². The van der Waals surface area contributed by atoms with Gasteiger partial charge in [-0.3, -0.25) is 9.59 Å². The standard InChI is InChI=1S/C13H16O3/c1-10-6-8-11(9-7-10)12(14)4-3-5-13(15)16-2/h6-9H,3-5H2,1-2H3. The van der Waals surface area contributed by atoms with Gasteiger partial charge in [-0.25, -0.2) is 0 Å². The molecule has 0 heterocycles. The van der Waals surface area contributed by atoms with Gasteiger partial charge in [0.2, 0.25) is 0 Å². The lowest BCUT2D eigenvalue weighted by atomic mass is 10.0. The molecule has 0 aliphatic heterocycles. The molecule has 0 saturated heterocycles. The van der Waals surface area contributed by atoms with Crippen molar-refractivity contribution in [2.75, 3.05) is 7.11 Å². The van der Waals surface area contributed by atoms with Gasteiger partial charge in [0.1, 0.15) is 0 Å². The van der Waals surface area contributed by atoms with Crippen molar-refractivity contribution in [1.82, 2.24) is 0 Å². The van der Waals surface area contributed by atoms with E-state index in [0.29, 0.717) is 24.8 Å². The summed E-state index contributed by atoms with van der Waals surface area (Å²) in [7, 11) is 1.35. The molecule has 3 heteroatoms. The molecule has 1 aromatic rings. The molecule has 0 unspecified atom stereocenters. The molecule has 0 fully saturated rings. The third kappa shape index (κ3) is 3.85. The van der Waals surface area contributed by atoms with E-state index in [1.54, 1.807) is 0 Å². The average molecular weight is 220 g/mol. The maximum Gasteiger partial charge on any atom is 0.305 e. The van der Waals surface area contributed by atoms with Gasteiger partial charge in [0.05, 0.1) is 7.11 Å². The molecule has 0 N–H and O–H groups in total. The Labute approximate surface area is 95.4 Å². The second-order valence-electron chi connectivity index (χ2n) is 3.72. The lowest BCUT2D eigenvalue weighted by molar-refractivity contribution is -0.140. The van der Waals surface area contributed by atoms with Gasteiger partial charge in [-0.1, -0.05) is 29.8 Å². The fourth-order valence-electron chi connectivity index (χ4n) is 1.38. The van der Waals surface area contributed by atoms with Crippen LogP contribution in [0.15, 0.2) is 24.3 Å². The van der Waals surface area contributed by atoms with Crippen LogP contribution in [0.4, 0.5) is 0 Å². The van der Waals surface area contributed by atoms with E-state index >= 15 is 0 Å². The molecule has 1 rings (SSSR count). The molecule has 0 atom stereocenters. The molecule has 0 radical (unpaired) electrons. The number of hydrogen-bond donors (Lipinski definition) is 0. The summed E-state index contributed by atoms with van der Waals surface area (Å²) >= 11 is 0. The summed E-state index contributed by atoms with van der Waals surface area (Å²) in [5.74, 6) is -0.194. The Hall–Kier alpha value is -1.64. The second kappa shape index (κ2) is 6.05. The number of ether oxygens (including phenoxy) is 1. The first-order chi connectivity index (χ1) is 7.63. The van der Waals surface area contributed by atoms with Crippen molar-refractivity contribution in [2.24, 2.45) is 0 Å². The molecule has 0 bridgehead atoms. The van der Waals surface area contributed by atoms with E-state index in [2.05, 4.69) is 4.74 Å². The molecule has 0 aliphatic carbocycles. The van der Waals surface area contributed by atoms with Gasteiger partial charge in [0, 0.05) is 18.4 Å². The molecule has 86 valence electrons. The Balaban J connectivity index is 2.41. The number of rotatable bonds is 5. The molecule has 16 heavy (non-hydrogen) atoms. The number of carbonyl (C=O) groups excluding carboxylic acids is 2. The van der Waals surface area contributed by atoms with Crippen LogP contribution in [-0.2, 0) is 9.53 Å². The zero-order valence-electron chi connectivity index (χ0n) is 9.66. The molecule has 0 aliphatic rings. The average Bonchev–Trinajstić information content (AvgIpc) is 2.29. The predicted octanol–water partition coefficient (Wildman–Crippen LogP) is 2.52. The van der Waals surface area contributed by atoms with Crippen LogP contribution >= 0.6 is 0 Å². The van der Waals surface area contributed by atoms with E-state index in [-0.39, 0.29) is 11.8 Å². The van der Waals surface area contributed by atoms with Crippen molar-refractivity contribution in [3.8, 4) is 0 Å².